The molecule has 2 aromatic carbocycles. The molecule has 1 N–H and O–H groups in total. The number of nitrogens with one attached hydrogen (secondary N) is 1. The minimum atomic E-state index is 0.742. The molecule has 0 atom stereocenters. The van der Waals surface area contributed by atoms with E-state index >= 15 is 0 Å². The number of aryl methyl sites for hydroxylation is 3. The Balaban J connectivity index is 1.76. The van der Waals surface area contributed by atoms with Gasteiger partial charge in [0.25, 0.3) is 0 Å². The van der Waals surface area contributed by atoms with Gasteiger partial charge in [-0.1, -0.05) is 41.6 Å². The molecule has 0 aromatic heterocycles. The van der Waals surface area contributed by atoms with Crippen molar-refractivity contribution < 1.29 is 9.57 Å². The van der Waals surface area contributed by atoms with Crippen LogP contribution in [0.5, 0.6) is 5.75 Å². The molecule has 0 radical (unpaired) electrons. The van der Waals surface area contributed by atoms with E-state index < -0.39 is 0 Å². The summed E-state index contributed by atoms with van der Waals surface area (Å²) in [4.78, 5) is 4.70. The molecule has 0 spiro atoms. The maximum absolute atomic E-state index is 6.08. The van der Waals surface area contributed by atoms with Gasteiger partial charge in [0.05, 0.1) is 12.8 Å². The molecule has 4 nitrogen and oxygen atoms in total. The molecule has 28 heavy (non-hydrogen) atoms. The molecular formula is C24H32N2O2. The summed E-state index contributed by atoms with van der Waals surface area (Å²) in [5.41, 5.74) is 5.87. The van der Waals surface area contributed by atoms with Crippen LogP contribution in [0, 0.1) is 13.8 Å². The van der Waals surface area contributed by atoms with E-state index in [4.69, 9.17) is 9.57 Å². The lowest BCUT2D eigenvalue weighted by Gasteiger charge is -2.15. The third kappa shape index (κ3) is 7.10. The number of benzene rings is 2. The van der Waals surface area contributed by atoms with Gasteiger partial charge in [0.15, 0.2) is 0 Å². The minimum absolute atomic E-state index is 0.742. The number of allylic oxidation sites excluding steroid dienone is 1. The Morgan fingerprint density at radius 1 is 1.04 bits per heavy atom. The summed E-state index contributed by atoms with van der Waals surface area (Å²) in [6.07, 6.45) is 9.06. The standard InChI is InChI=1S/C24H32N2O2/c1-5-6-14-25-23-16-19(2)24(20(3)17-23)28-15-8-7-9-21-10-12-22(13-11-21)18-26-27-4/h5-6,10-13,16-18,25H,7-9,14-15H2,1-4H3/b6-5+,26-18?. The molecule has 0 saturated carbocycles. The molecule has 0 heterocycles. The third-order valence-electron chi connectivity index (χ3n) is 4.51. The van der Waals surface area contributed by atoms with E-state index in [1.807, 2.05) is 13.0 Å². The van der Waals surface area contributed by atoms with Crippen molar-refractivity contribution in [2.24, 2.45) is 5.16 Å². The highest BCUT2D eigenvalue weighted by Crippen LogP contribution is 2.27. The first-order chi connectivity index (χ1) is 13.6. The molecule has 0 aliphatic carbocycles. The van der Waals surface area contributed by atoms with Crippen LogP contribution in [-0.2, 0) is 11.3 Å². The Morgan fingerprint density at radius 2 is 1.75 bits per heavy atom. The van der Waals surface area contributed by atoms with Gasteiger partial charge in [-0.3, -0.25) is 0 Å². The third-order valence-corrected chi connectivity index (χ3v) is 4.51. The topological polar surface area (TPSA) is 42.8 Å². The van der Waals surface area contributed by atoms with Gasteiger partial charge >= 0.3 is 0 Å². The fourth-order valence-corrected chi connectivity index (χ4v) is 3.06. The second kappa shape index (κ2) is 11.9. The molecular weight excluding hydrogens is 348 g/mol. The highest BCUT2D eigenvalue weighted by Gasteiger charge is 2.06. The van der Waals surface area contributed by atoms with E-state index in [2.05, 4.69) is 66.8 Å². The van der Waals surface area contributed by atoms with Gasteiger partial charge < -0.3 is 14.9 Å². The first-order valence-corrected chi connectivity index (χ1v) is 9.88. The van der Waals surface area contributed by atoms with Crippen LogP contribution < -0.4 is 10.1 Å². The van der Waals surface area contributed by atoms with Crippen molar-refractivity contribution in [1.29, 1.82) is 0 Å². The minimum Gasteiger partial charge on any atom is -0.493 e. The molecule has 4 heteroatoms. The average Bonchev–Trinajstić information content (AvgIpc) is 2.69. The number of unbranched alkanes of at least 4 members (excludes halogenated alkanes) is 1. The van der Waals surface area contributed by atoms with Gasteiger partial charge in [-0.05, 0) is 74.4 Å². The fraction of sp³-hybridized carbons (Fsp3) is 0.375. The zero-order valence-electron chi connectivity index (χ0n) is 17.5. The molecule has 0 amide bonds. The molecule has 0 fully saturated rings. The van der Waals surface area contributed by atoms with Gasteiger partial charge in [0.2, 0.25) is 0 Å². The van der Waals surface area contributed by atoms with Crippen molar-refractivity contribution in [2.45, 2.75) is 40.0 Å². The molecule has 0 saturated heterocycles. The SMILES string of the molecule is C/C=C/CNc1cc(C)c(OCCCCc2ccc(C=NOC)cc2)c(C)c1. The molecule has 2 aromatic rings. The Bertz CT molecular complexity index is 757. The quantitative estimate of drug-likeness (QED) is 0.236. The van der Waals surface area contributed by atoms with Crippen molar-refractivity contribution in [3.8, 4) is 5.75 Å². The maximum atomic E-state index is 6.08. The van der Waals surface area contributed by atoms with E-state index in [1.54, 1.807) is 13.3 Å². The van der Waals surface area contributed by atoms with Crippen molar-refractivity contribution >= 4 is 11.9 Å². The Kier molecular flexibility index (Phi) is 9.13. The van der Waals surface area contributed by atoms with Crippen LogP contribution >= 0.6 is 0 Å². The zero-order chi connectivity index (χ0) is 20.2. The largest absolute Gasteiger partial charge is 0.493 e. The maximum Gasteiger partial charge on any atom is 0.125 e. The van der Waals surface area contributed by atoms with Gasteiger partial charge in [-0.2, -0.15) is 0 Å². The van der Waals surface area contributed by atoms with Gasteiger partial charge in [-0.15, -0.1) is 0 Å². The molecule has 2 rings (SSSR count). The molecule has 0 aliphatic heterocycles. The number of nitrogens with zero attached hydrogens (tertiary/aromatic N) is 1. The van der Waals surface area contributed by atoms with E-state index in [1.165, 1.54) is 16.7 Å². The number of hydrogen-bond acceptors (Lipinski definition) is 4. The monoisotopic (exact) mass is 380 g/mol. The van der Waals surface area contributed by atoms with Gasteiger partial charge in [0.1, 0.15) is 12.9 Å². The summed E-state index contributed by atoms with van der Waals surface area (Å²) in [7, 11) is 1.55. The smallest absolute Gasteiger partial charge is 0.125 e. The second-order valence-corrected chi connectivity index (χ2v) is 6.85. The van der Waals surface area contributed by atoms with E-state index in [-0.39, 0.29) is 0 Å². The van der Waals surface area contributed by atoms with Crippen LogP contribution in [0.4, 0.5) is 5.69 Å². The summed E-state index contributed by atoms with van der Waals surface area (Å²) in [6, 6.07) is 12.7. The predicted molar refractivity (Wildman–Crippen MR) is 119 cm³/mol. The lowest BCUT2D eigenvalue weighted by molar-refractivity contribution is 0.215. The summed E-state index contributed by atoms with van der Waals surface area (Å²) in [6.45, 7) is 7.83. The number of rotatable bonds is 11. The van der Waals surface area contributed by atoms with Crippen molar-refractivity contribution in [1.82, 2.24) is 0 Å². The molecule has 0 unspecified atom stereocenters. The Hall–Kier alpha value is -2.75. The first kappa shape index (κ1) is 21.5. The Morgan fingerprint density at radius 3 is 2.39 bits per heavy atom. The lowest BCUT2D eigenvalue weighted by atomic mass is 10.1. The van der Waals surface area contributed by atoms with Crippen molar-refractivity contribution in [2.75, 3.05) is 25.6 Å². The molecule has 150 valence electrons. The van der Waals surface area contributed by atoms with E-state index in [0.29, 0.717) is 0 Å². The summed E-state index contributed by atoms with van der Waals surface area (Å²) in [5.74, 6) is 1.01. The van der Waals surface area contributed by atoms with Crippen LogP contribution in [0.2, 0.25) is 0 Å². The number of hydrogen-bond donors (Lipinski definition) is 1. The summed E-state index contributed by atoms with van der Waals surface area (Å²) in [5, 5.41) is 7.18. The average molecular weight is 381 g/mol. The number of ether oxygens (including phenoxy) is 1. The fourth-order valence-electron chi connectivity index (χ4n) is 3.06. The Labute approximate surface area is 169 Å². The first-order valence-electron chi connectivity index (χ1n) is 9.88. The predicted octanol–water partition coefficient (Wildman–Crippen LogP) is 5.67. The van der Waals surface area contributed by atoms with Crippen LogP contribution in [0.15, 0.2) is 53.7 Å². The normalized spacial score (nSPS) is 11.3. The lowest BCUT2D eigenvalue weighted by Crippen LogP contribution is -2.04. The highest BCUT2D eigenvalue weighted by atomic mass is 16.6. The van der Waals surface area contributed by atoms with Crippen LogP contribution in [0.25, 0.3) is 0 Å². The van der Waals surface area contributed by atoms with Gasteiger partial charge in [-0.25, -0.2) is 0 Å². The number of anilines is 1. The zero-order valence-corrected chi connectivity index (χ0v) is 17.5. The molecule has 0 aliphatic rings. The van der Waals surface area contributed by atoms with Gasteiger partial charge in [0, 0.05) is 12.2 Å². The van der Waals surface area contributed by atoms with Crippen molar-refractivity contribution in [3.63, 3.8) is 0 Å². The van der Waals surface area contributed by atoms with E-state index in [9.17, 15) is 0 Å². The van der Waals surface area contributed by atoms with E-state index in [0.717, 1.165) is 49.4 Å². The molecule has 0 bridgehead atoms. The summed E-state index contributed by atoms with van der Waals surface area (Å²) >= 11 is 0. The van der Waals surface area contributed by atoms with Crippen molar-refractivity contribution in [3.05, 3.63) is 70.8 Å². The van der Waals surface area contributed by atoms with Crippen LogP contribution in [0.3, 0.4) is 0 Å². The number of oxime groups is 1. The van der Waals surface area contributed by atoms with Crippen LogP contribution in [-0.4, -0.2) is 26.5 Å². The second-order valence-electron chi connectivity index (χ2n) is 6.85. The highest BCUT2D eigenvalue weighted by molar-refractivity contribution is 5.79. The van der Waals surface area contributed by atoms with Crippen LogP contribution in [0.1, 0.15) is 42.0 Å². The summed E-state index contributed by atoms with van der Waals surface area (Å²) < 4.78 is 6.08.